The summed E-state index contributed by atoms with van der Waals surface area (Å²) in [5.41, 5.74) is -0.416. The Bertz CT molecular complexity index is 348. The number of nitro groups is 1. The molecule has 0 amide bonds. The molecule has 16 heavy (non-hydrogen) atoms. The Labute approximate surface area is 93.9 Å². The van der Waals surface area contributed by atoms with Crippen LogP contribution in [0.2, 0.25) is 0 Å². The van der Waals surface area contributed by atoms with Gasteiger partial charge in [0.05, 0.1) is 0 Å². The van der Waals surface area contributed by atoms with Crippen LogP contribution in [0.4, 0.5) is 0 Å². The summed E-state index contributed by atoms with van der Waals surface area (Å²) in [6, 6.07) is 0. The van der Waals surface area contributed by atoms with Gasteiger partial charge in [-0.05, 0) is 18.1 Å². The predicted octanol–water partition coefficient (Wildman–Crippen LogP) is 1.08. The minimum absolute atomic E-state index is 0.463. The van der Waals surface area contributed by atoms with Crippen LogP contribution in [0.3, 0.4) is 0 Å². The van der Waals surface area contributed by atoms with Crippen LogP contribution in [0.5, 0.6) is 0 Å². The van der Waals surface area contributed by atoms with Crippen LogP contribution in [-0.4, -0.2) is 35.4 Å². The van der Waals surface area contributed by atoms with Crippen molar-refractivity contribution in [2.75, 3.05) is 13.7 Å². The van der Waals surface area contributed by atoms with Crippen molar-refractivity contribution in [2.24, 2.45) is 0 Å². The van der Waals surface area contributed by atoms with Gasteiger partial charge in [-0.1, -0.05) is 18.2 Å². The van der Waals surface area contributed by atoms with Crippen LogP contribution >= 0.6 is 0 Å². The van der Waals surface area contributed by atoms with E-state index in [4.69, 9.17) is 4.74 Å². The normalized spacial score (nSPS) is 28.6. The summed E-state index contributed by atoms with van der Waals surface area (Å²) in [4.78, 5) is 10.1. The fourth-order valence-corrected chi connectivity index (χ4v) is 1.70. The Morgan fingerprint density at radius 2 is 2.50 bits per heavy atom. The molecule has 88 valence electrons. The Balaban J connectivity index is 3.00. The van der Waals surface area contributed by atoms with Crippen molar-refractivity contribution in [3.05, 3.63) is 46.6 Å². The molecule has 0 saturated carbocycles. The van der Waals surface area contributed by atoms with Crippen molar-refractivity contribution >= 4 is 0 Å². The standard InChI is InChI=1S/C11H15NO4/c1-3-4-9-5-6-10(13)11(7-9,16-2)8-12(14)15/h3,5-7,10,13H,1,4,8H2,2H3. The van der Waals surface area contributed by atoms with Gasteiger partial charge in [0.25, 0.3) is 0 Å². The number of aliphatic hydroxyl groups is 1. The molecular weight excluding hydrogens is 210 g/mol. The molecule has 0 spiro atoms. The SMILES string of the molecule is C=CCC1=CC(C[N+](=O)[O-])(OC)C(O)C=C1. The number of allylic oxidation sites excluding steroid dienone is 3. The number of hydrogen-bond donors (Lipinski definition) is 1. The highest BCUT2D eigenvalue weighted by Crippen LogP contribution is 2.27. The van der Waals surface area contributed by atoms with E-state index >= 15 is 0 Å². The monoisotopic (exact) mass is 225 g/mol. The summed E-state index contributed by atoms with van der Waals surface area (Å²) in [5.74, 6) is 0. The van der Waals surface area contributed by atoms with E-state index in [0.29, 0.717) is 6.42 Å². The summed E-state index contributed by atoms with van der Waals surface area (Å²) in [5, 5.41) is 20.4. The first-order valence-corrected chi connectivity index (χ1v) is 4.90. The summed E-state index contributed by atoms with van der Waals surface area (Å²) in [6.07, 6.45) is 6.11. The number of aliphatic hydroxyl groups excluding tert-OH is 1. The second-order valence-corrected chi connectivity index (χ2v) is 3.67. The molecule has 5 heteroatoms. The van der Waals surface area contributed by atoms with Gasteiger partial charge in [-0.15, -0.1) is 6.58 Å². The molecule has 0 fully saturated rings. The fourth-order valence-electron chi connectivity index (χ4n) is 1.70. The van der Waals surface area contributed by atoms with Gasteiger partial charge in [-0.2, -0.15) is 0 Å². The molecule has 0 saturated heterocycles. The van der Waals surface area contributed by atoms with Crippen LogP contribution in [0.25, 0.3) is 0 Å². The molecule has 1 aliphatic rings. The van der Waals surface area contributed by atoms with Crippen LogP contribution < -0.4 is 0 Å². The maximum absolute atomic E-state index is 10.6. The molecule has 1 rings (SSSR count). The highest BCUT2D eigenvalue weighted by Gasteiger charge is 2.41. The minimum atomic E-state index is -1.27. The lowest BCUT2D eigenvalue weighted by Gasteiger charge is -2.31. The third-order valence-electron chi connectivity index (χ3n) is 2.56. The molecule has 0 aromatic heterocycles. The lowest BCUT2D eigenvalue weighted by atomic mass is 9.87. The highest BCUT2D eigenvalue weighted by molar-refractivity contribution is 5.33. The first-order chi connectivity index (χ1) is 7.54. The first kappa shape index (κ1) is 12.6. The van der Waals surface area contributed by atoms with Gasteiger partial charge in [0, 0.05) is 12.0 Å². The maximum Gasteiger partial charge on any atom is 0.238 e. The maximum atomic E-state index is 10.6. The van der Waals surface area contributed by atoms with E-state index in [1.807, 2.05) is 0 Å². The van der Waals surface area contributed by atoms with E-state index < -0.39 is 23.2 Å². The van der Waals surface area contributed by atoms with Crippen LogP contribution in [0, 0.1) is 10.1 Å². The summed E-state index contributed by atoms with van der Waals surface area (Å²) in [7, 11) is 1.36. The molecule has 0 bridgehead atoms. The summed E-state index contributed by atoms with van der Waals surface area (Å²) >= 11 is 0. The third kappa shape index (κ3) is 2.56. The van der Waals surface area contributed by atoms with Crippen molar-refractivity contribution < 1.29 is 14.8 Å². The smallest absolute Gasteiger partial charge is 0.238 e. The molecule has 0 heterocycles. The fraction of sp³-hybridized carbons (Fsp3) is 0.455. The van der Waals surface area contributed by atoms with Gasteiger partial charge in [0.2, 0.25) is 6.54 Å². The van der Waals surface area contributed by atoms with Crippen LogP contribution in [0.1, 0.15) is 6.42 Å². The van der Waals surface area contributed by atoms with Crippen LogP contribution in [-0.2, 0) is 4.74 Å². The largest absolute Gasteiger partial charge is 0.385 e. The zero-order chi connectivity index (χ0) is 12.2. The van der Waals surface area contributed by atoms with Crippen LogP contribution in [0.15, 0.2) is 36.5 Å². The number of nitrogens with zero attached hydrogens (tertiary/aromatic N) is 1. The lowest BCUT2D eigenvalue weighted by Crippen LogP contribution is -2.48. The molecule has 5 nitrogen and oxygen atoms in total. The lowest BCUT2D eigenvalue weighted by molar-refractivity contribution is -0.500. The zero-order valence-electron chi connectivity index (χ0n) is 9.13. The third-order valence-corrected chi connectivity index (χ3v) is 2.56. The summed E-state index contributed by atoms with van der Waals surface area (Å²) in [6.45, 7) is 3.13. The summed E-state index contributed by atoms with van der Waals surface area (Å²) < 4.78 is 5.12. The molecule has 2 unspecified atom stereocenters. The van der Waals surface area contributed by atoms with Crippen molar-refractivity contribution in [3.8, 4) is 0 Å². The average molecular weight is 225 g/mol. The van der Waals surface area contributed by atoms with E-state index in [9.17, 15) is 15.2 Å². The molecule has 2 atom stereocenters. The zero-order valence-corrected chi connectivity index (χ0v) is 9.13. The van der Waals surface area contributed by atoms with Gasteiger partial charge in [-0.25, -0.2) is 0 Å². The highest BCUT2D eigenvalue weighted by atomic mass is 16.6. The quantitative estimate of drug-likeness (QED) is 0.431. The van der Waals surface area contributed by atoms with Gasteiger partial charge in [-0.3, -0.25) is 10.1 Å². The Morgan fingerprint density at radius 1 is 1.81 bits per heavy atom. The van der Waals surface area contributed by atoms with E-state index in [1.165, 1.54) is 13.2 Å². The molecular formula is C11H15NO4. The topological polar surface area (TPSA) is 72.6 Å². The molecule has 0 aromatic carbocycles. The van der Waals surface area contributed by atoms with Gasteiger partial charge in [0.15, 0.2) is 5.60 Å². The second kappa shape index (κ2) is 5.05. The predicted molar refractivity (Wildman–Crippen MR) is 59.6 cm³/mol. The van der Waals surface area contributed by atoms with Crippen molar-refractivity contribution in [1.29, 1.82) is 0 Å². The molecule has 1 aliphatic carbocycles. The second-order valence-electron chi connectivity index (χ2n) is 3.67. The number of ether oxygens (including phenoxy) is 1. The molecule has 0 aliphatic heterocycles. The van der Waals surface area contributed by atoms with Gasteiger partial charge >= 0.3 is 0 Å². The Morgan fingerprint density at radius 3 is 3.00 bits per heavy atom. The molecule has 0 aromatic rings. The number of hydrogen-bond acceptors (Lipinski definition) is 4. The van der Waals surface area contributed by atoms with Gasteiger partial charge < -0.3 is 9.84 Å². The average Bonchev–Trinajstić information content (AvgIpc) is 2.22. The van der Waals surface area contributed by atoms with Crippen molar-refractivity contribution in [1.82, 2.24) is 0 Å². The number of rotatable bonds is 5. The van der Waals surface area contributed by atoms with E-state index in [1.54, 1.807) is 18.2 Å². The number of methoxy groups -OCH3 is 1. The van der Waals surface area contributed by atoms with Crippen molar-refractivity contribution in [2.45, 2.75) is 18.1 Å². The minimum Gasteiger partial charge on any atom is -0.385 e. The molecule has 0 radical (unpaired) electrons. The van der Waals surface area contributed by atoms with E-state index in [0.717, 1.165) is 5.57 Å². The Hall–Kier alpha value is -1.46. The van der Waals surface area contributed by atoms with E-state index in [2.05, 4.69) is 6.58 Å². The van der Waals surface area contributed by atoms with Crippen molar-refractivity contribution in [3.63, 3.8) is 0 Å². The first-order valence-electron chi connectivity index (χ1n) is 4.90. The molecule has 1 N–H and O–H groups in total. The van der Waals surface area contributed by atoms with Gasteiger partial charge in [0.1, 0.15) is 6.10 Å². The Kier molecular flexibility index (Phi) is 3.98. The van der Waals surface area contributed by atoms with E-state index in [-0.39, 0.29) is 0 Å².